The maximum absolute atomic E-state index is 13.0. The summed E-state index contributed by atoms with van der Waals surface area (Å²) in [5.74, 6) is -1.52. The molecule has 8 heteroatoms. The number of carbonyl (C=O) groups is 1. The number of para-hydroxylation sites is 1. The highest BCUT2D eigenvalue weighted by Gasteiger charge is 2.21. The molecule has 1 aromatic heterocycles. The molecule has 0 bridgehead atoms. The Morgan fingerprint density at radius 2 is 1.93 bits per heavy atom. The summed E-state index contributed by atoms with van der Waals surface area (Å²) in [6, 6.07) is 10.3. The fourth-order valence-corrected chi connectivity index (χ4v) is 4.71. The predicted octanol–water partition coefficient (Wildman–Crippen LogP) is 4.43. The molecule has 3 rings (SSSR count). The Morgan fingerprint density at radius 1 is 1.21 bits per heavy atom. The van der Waals surface area contributed by atoms with Crippen LogP contribution in [0, 0.1) is 19.8 Å². The first-order valence-electron chi connectivity index (χ1n) is 8.70. The van der Waals surface area contributed by atoms with Crippen molar-refractivity contribution in [3.8, 4) is 0 Å². The monoisotopic (exact) mass is 420 g/mol. The fraction of sp³-hybridized carbons (Fsp3) is 0.250. The standard InChI is InChI=1S/C20H21ClN2O4S/c1-12-10-18(13(2)9-16(12)21)28(26,27)22-17-6-4-5-15-7-8-23(19(15)17)11-14(3)20(24)25/h4-10,14,22H,11H2,1-3H3,(H,24,25). The number of nitrogens with one attached hydrogen (secondary N) is 1. The minimum atomic E-state index is -3.85. The molecule has 0 spiro atoms. The lowest BCUT2D eigenvalue weighted by Gasteiger charge is -2.15. The number of hydrogen-bond donors (Lipinski definition) is 2. The van der Waals surface area contributed by atoms with Crippen LogP contribution in [0.2, 0.25) is 5.02 Å². The highest BCUT2D eigenvalue weighted by atomic mass is 35.5. The van der Waals surface area contributed by atoms with E-state index in [0.29, 0.717) is 27.4 Å². The Bertz CT molecular complexity index is 1170. The molecule has 0 fully saturated rings. The van der Waals surface area contributed by atoms with Crippen LogP contribution in [0.15, 0.2) is 47.5 Å². The molecule has 28 heavy (non-hydrogen) atoms. The number of aliphatic carboxylic acids is 1. The molecule has 0 aliphatic heterocycles. The van der Waals surface area contributed by atoms with Gasteiger partial charge in [0.1, 0.15) is 0 Å². The molecule has 0 saturated carbocycles. The first-order valence-corrected chi connectivity index (χ1v) is 10.6. The van der Waals surface area contributed by atoms with Crippen molar-refractivity contribution in [2.45, 2.75) is 32.2 Å². The van der Waals surface area contributed by atoms with Crippen LogP contribution in [-0.4, -0.2) is 24.1 Å². The molecular formula is C20H21ClN2O4S. The molecule has 148 valence electrons. The highest BCUT2D eigenvalue weighted by molar-refractivity contribution is 7.92. The SMILES string of the molecule is Cc1cc(S(=O)(=O)Nc2cccc3ccn(CC(C)C(=O)O)c23)c(C)cc1Cl. The third-order valence-electron chi connectivity index (χ3n) is 4.67. The number of carboxylic acids is 1. The van der Waals surface area contributed by atoms with Crippen molar-refractivity contribution >= 4 is 44.2 Å². The van der Waals surface area contributed by atoms with Crippen molar-refractivity contribution in [2.75, 3.05) is 4.72 Å². The van der Waals surface area contributed by atoms with Crippen molar-refractivity contribution in [3.05, 3.63) is 58.7 Å². The van der Waals surface area contributed by atoms with Gasteiger partial charge in [-0.15, -0.1) is 0 Å². The van der Waals surface area contributed by atoms with Gasteiger partial charge in [-0.1, -0.05) is 30.7 Å². The molecule has 2 aromatic carbocycles. The molecule has 0 radical (unpaired) electrons. The van der Waals surface area contributed by atoms with E-state index in [2.05, 4.69) is 4.72 Å². The van der Waals surface area contributed by atoms with Gasteiger partial charge < -0.3 is 9.67 Å². The summed E-state index contributed by atoms with van der Waals surface area (Å²) in [5, 5.41) is 10.5. The third-order valence-corrected chi connectivity index (χ3v) is 6.59. The van der Waals surface area contributed by atoms with Gasteiger partial charge in [-0.2, -0.15) is 0 Å². The average molecular weight is 421 g/mol. The number of hydrogen-bond acceptors (Lipinski definition) is 3. The molecular weight excluding hydrogens is 400 g/mol. The zero-order chi connectivity index (χ0) is 20.6. The van der Waals surface area contributed by atoms with E-state index in [0.717, 1.165) is 5.39 Å². The highest BCUT2D eigenvalue weighted by Crippen LogP contribution is 2.30. The van der Waals surface area contributed by atoms with E-state index in [9.17, 15) is 18.3 Å². The van der Waals surface area contributed by atoms with Crippen molar-refractivity contribution in [1.29, 1.82) is 0 Å². The molecule has 1 unspecified atom stereocenters. The van der Waals surface area contributed by atoms with Crippen LogP contribution in [0.1, 0.15) is 18.1 Å². The molecule has 2 N–H and O–H groups in total. The number of carboxylic acid groups (broad SMARTS) is 1. The van der Waals surface area contributed by atoms with Crippen LogP contribution in [0.25, 0.3) is 10.9 Å². The Hall–Kier alpha value is -2.51. The van der Waals surface area contributed by atoms with E-state index in [4.69, 9.17) is 11.6 Å². The molecule has 0 aliphatic carbocycles. The third kappa shape index (κ3) is 3.86. The lowest BCUT2D eigenvalue weighted by atomic mass is 10.2. The Balaban J connectivity index is 2.06. The van der Waals surface area contributed by atoms with Gasteiger partial charge >= 0.3 is 5.97 Å². The van der Waals surface area contributed by atoms with Crippen molar-refractivity contribution in [2.24, 2.45) is 5.92 Å². The topological polar surface area (TPSA) is 88.4 Å². The van der Waals surface area contributed by atoms with Crippen molar-refractivity contribution in [1.82, 2.24) is 4.57 Å². The van der Waals surface area contributed by atoms with Gasteiger partial charge in [0.2, 0.25) is 0 Å². The van der Waals surface area contributed by atoms with Gasteiger partial charge in [0, 0.05) is 23.2 Å². The maximum atomic E-state index is 13.0. The minimum absolute atomic E-state index is 0.156. The second-order valence-corrected chi connectivity index (χ2v) is 8.98. The second kappa shape index (κ2) is 7.48. The summed E-state index contributed by atoms with van der Waals surface area (Å²) in [6.07, 6.45) is 1.76. The van der Waals surface area contributed by atoms with Gasteiger partial charge in [-0.25, -0.2) is 8.42 Å². The van der Waals surface area contributed by atoms with Crippen LogP contribution >= 0.6 is 11.6 Å². The minimum Gasteiger partial charge on any atom is -0.481 e. The molecule has 1 atom stereocenters. The Labute approximate surface area is 168 Å². The summed E-state index contributed by atoms with van der Waals surface area (Å²) in [4.78, 5) is 11.4. The largest absolute Gasteiger partial charge is 0.481 e. The molecule has 1 heterocycles. The molecule has 0 aliphatic rings. The van der Waals surface area contributed by atoms with Crippen LogP contribution in [0.4, 0.5) is 5.69 Å². The lowest BCUT2D eigenvalue weighted by molar-refractivity contribution is -0.141. The number of benzene rings is 2. The number of aryl methyl sites for hydroxylation is 2. The normalized spacial score (nSPS) is 12.9. The van der Waals surface area contributed by atoms with Gasteiger partial charge in [0.15, 0.2) is 0 Å². The van der Waals surface area contributed by atoms with Crippen LogP contribution in [0.5, 0.6) is 0 Å². The number of sulfonamides is 1. The number of halogens is 1. The molecule has 0 amide bonds. The van der Waals surface area contributed by atoms with E-state index >= 15 is 0 Å². The zero-order valence-electron chi connectivity index (χ0n) is 15.7. The summed E-state index contributed by atoms with van der Waals surface area (Å²) >= 11 is 6.09. The smallest absolute Gasteiger partial charge is 0.308 e. The van der Waals surface area contributed by atoms with E-state index < -0.39 is 21.9 Å². The van der Waals surface area contributed by atoms with E-state index in [-0.39, 0.29) is 11.4 Å². The van der Waals surface area contributed by atoms with Crippen LogP contribution in [0.3, 0.4) is 0 Å². The number of anilines is 1. The molecule has 6 nitrogen and oxygen atoms in total. The van der Waals surface area contributed by atoms with E-state index in [1.165, 1.54) is 0 Å². The lowest BCUT2D eigenvalue weighted by Crippen LogP contribution is -2.18. The first kappa shape index (κ1) is 20.2. The summed E-state index contributed by atoms with van der Waals surface area (Å²) in [6.45, 7) is 5.29. The fourth-order valence-electron chi connectivity index (χ4n) is 3.11. The molecule has 3 aromatic rings. The Morgan fingerprint density at radius 3 is 2.61 bits per heavy atom. The number of fused-ring (bicyclic) bond motifs is 1. The first-order chi connectivity index (χ1) is 13.1. The predicted molar refractivity (Wildman–Crippen MR) is 110 cm³/mol. The average Bonchev–Trinajstić information content (AvgIpc) is 3.01. The van der Waals surface area contributed by atoms with Crippen LogP contribution < -0.4 is 4.72 Å². The van der Waals surface area contributed by atoms with Crippen molar-refractivity contribution in [3.63, 3.8) is 0 Å². The van der Waals surface area contributed by atoms with Gasteiger partial charge in [-0.05, 0) is 49.2 Å². The van der Waals surface area contributed by atoms with Crippen LogP contribution in [-0.2, 0) is 21.4 Å². The van der Waals surface area contributed by atoms with Gasteiger partial charge in [0.05, 0.1) is 22.0 Å². The summed E-state index contributed by atoms with van der Waals surface area (Å²) < 4.78 is 30.5. The zero-order valence-corrected chi connectivity index (χ0v) is 17.3. The number of nitrogens with zero attached hydrogens (tertiary/aromatic N) is 1. The quantitative estimate of drug-likeness (QED) is 0.617. The summed E-state index contributed by atoms with van der Waals surface area (Å²) in [5.41, 5.74) is 2.25. The number of rotatable bonds is 6. The maximum Gasteiger partial charge on any atom is 0.308 e. The summed E-state index contributed by atoms with van der Waals surface area (Å²) in [7, 11) is -3.85. The van der Waals surface area contributed by atoms with Gasteiger partial charge in [-0.3, -0.25) is 9.52 Å². The molecule has 0 saturated heterocycles. The van der Waals surface area contributed by atoms with Gasteiger partial charge in [0.25, 0.3) is 10.0 Å². The Kier molecular flexibility index (Phi) is 5.41. The van der Waals surface area contributed by atoms with Crippen molar-refractivity contribution < 1.29 is 18.3 Å². The van der Waals surface area contributed by atoms with E-state index in [1.807, 2.05) is 12.1 Å². The second-order valence-electron chi connectivity index (χ2n) is 6.92. The number of aromatic nitrogens is 1. The van der Waals surface area contributed by atoms with E-state index in [1.54, 1.807) is 55.8 Å².